The van der Waals surface area contributed by atoms with E-state index >= 15 is 0 Å². The molecule has 0 saturated carbocycles. The van der Waals surface area contributed by atoms with E-state index in [-0.39, 0.29) is 12.9 Å². The van der Waals surface area contributed by atoms with E-state index in [0.29, 0.717) is 26.1 Å². The van der Waals surface area contributed by atoms with Crippen LogP contribution < -0.4 is 14.8 Å². The molecule has 0 radical (unpaired) electrons. The van der Waals surface area contributed by atoms with Gasteiger partial charge in [0.1, 0.15) is 5.60 Å². The minimum Gasteiger partial charge on any atom is -0.454 e. The Balaban J connectivity index is 1.60. The lowest BCUT2D eigenvalue weighted by molar-refractivity contribution is -0.0262. The molecule has 6 heteroatoms. The molecule has 2 heterocycles. The van der Waals surface area contributed by atoms with Crippen LogP contribution in [0.25, 0.3) is 0 Å². The summed E-state index contributed by atoms with van der Waals surface area (Å²) in [5.41, 5.74) is 0.310. The highest BCUT2D eigenvalue weighted by atomic mass is 79.9. The van der Waals surface area contributed by atoms with Crippen molar-refractivity contribution in [2.75, 3.05) is 19.9 Å². The first-order valence-electron chi connectivity index (χ1n) is 6.71. The Hall–Kier alpha value is -0.820. The van der Waals surface area contributed by atoms with Crippen LogP contribution in [0.2, 0.25) is 0 Å². The van der Waals surface area contributed by atoms with Crippen molar-refractivity contribution in [3.8, 4) is 11.5 Å². The number of nitrogens with one attached hydrogen (secondary N) is 1. The van der Waals surface area contributed by atoms with E-state index in [1.54, 1.807) is 0 Å². The summed E-state index contributed by atoms with van der Waals surface area (Å²) in [6, 6.07) is 3.96. The molecule has 1 aromatic rings. The van der Waals surface area contributed by atoms with Crippen molar-refractivity contribution in [1.29, 1.82) is 0 Å². The summed E-state index contributed by atoms with van der Waals surface area (Å²) in [7, 11) is 0. The SMILES string of the molecule is CC1OCCC1(O)CNCc1cc(Br)c2c(c1)OCO2. The Labute approximate surface area is 126 Å². The Morgan fingerprint density at radius 1 is 1.45 bits per heavy atom. The third-order valence-electron chi connectivity index (χ3n) is 3.91. The maximum atomic E-state index is 10.4. The number of fused-ring (bicyclic) bond motifs is 1. The van der Waals surface area contributed by atoms with E-state index in [2.05, 4.69) is 21.2 Å². The molecule has 110 valence electrons. The zero-order chi connectivity index (χ0) is 14.2. The van der Waals surface area contributed by atoms with Gasteiger partial charge in [-0.3, -0.25) is 0 Å². The van der Waals surface area contributed by atoms with Crippen LogP contribution in [0.15, 0.2) is 16.6 Å². The Kier molecular flexibility index (Phi) is 3.90. The van der Waals surface area contributed by atoms with Crippen LogP contribution in [-0.2, 0) is 11.3 Å². The van der Waals surface area contributed by atoms with Gasteiger partial charge in [0.05, 0.1) is 10.6 Å². The number of hydrogen-bond donors (Lipinski definition) is 2. The van der Waals surface area contributed by atoms with Crippen LogP contribution in [-0.4, -0.2) is 36.8 Å². The summed E-state index contributed by atoms with van der Waals surface area (Å²) < 4.78 is 17.0. The van der Waals surface area contributed by atoms with Crippen molar-refractivity contribution in [2.45, 2.75) is 31.6 Å². The van der Waals surface area contributed by atoms with Gasteiger partial charge in [-0.05, 0) is 40.5 Å². The Morgan fingerprint density at radius 3 is 3.05 bits per heavy atom. The lowest BCUT2D eigenvalue weighted by Gasteiger charge is -2.26. The molecule has 20 heavy (non-hydrogen) atoms. The molecule has 1 aromatic carbocycles. The van der Waals surface area contributed by atoms with E-state index in [9.17, 15) is 5.11 Å². The van der Waals surface area contributed by atoms with Gasteiger partial charge in [-0.25, -0.2) is 0 Å². The van der Waals surface area contributed by atoms with Crippen LogP contribution in [0, 0.1) is 0 Å². The maximum absolute atomic E-state index is 10.4. The summed E-state index contributed by atoms with van der Waals surface area (Å²) >= 11 is 3.47. The molecule has 2 aliphatic rings. The van der Waals surface area contributed by atoms with Gasteiger partial charge in [-0.2, -0.15) is 0 Å². The normalized spacial score (nSPS) is 28.1. The number of rotatable bonds is 4. The van der Waals surface area contributed by atoms with Gasteiger partial charge in [0.2, 0.25) is 6.79 Å². The fraction of sp³-hybridized carbons (Fsp3) is 0.571. The Bertz CT molecular complexity index is 510. The second kappa shape index (κ2) is 5.52. The van der Waals surface area contributed by atoms with Crippen molar-refractivity contribution in [2.24, 2.45) is 0 Å². The average molecular weight is 344 g/mol. The molecule has 5 nitrogen and oxygen atoms in total. The molecule has 0 aliphatic carbocycles. The topological polar surface area (TPSA) is 60.0 Å². The van der Waals surface area contributed by atoms with E-state index in [1.165, 1.54) is 0 Å². The van der Waals surface area contributed by atoms with Crippen molar-refractivity contribution in [3.05, 3.63) is 22.2 Å². The summed E-state index contributed by atoms with van der Waals surface area (Å²) in [5, 5.41) is 13.7. The lowest BCUT2D eigenvalue weighted by atomic mass is 9.96. The van der Waals surface area contributed by atoms with Gasteiger partial charge in [0.15, 0.2) is 11.5 Å². The molecule has 2 atom stereocenters. The molecule has 1 saturated heterocycles. The summed E-state index contributed by atoms with van der Waals surface area (Å²) in [4.78, 5) is 0. The van der Waals surface area contributed by atoms with E-state index in [0.717, 1.165) is 21.5 Å². The van der Waals surface area contributed by atoms with Crippen molar-refractivity contribution in [1.82, 2.24) is 5.32 Å². The largest absolute Gasteiger partial charge is 0.454 e. The first-order valence-corrected chi connectivity index (χ1v) is 7.50. The zero-order valence-corrected chi connectivity index (χ0v) is 12.9. The Morgan fingerprint density at radius 2 is 2.30 bits per heavy atom. The third kappa shape index (κ3) is 2.65. The monoisotopic (exact) mass is 343 g/mol. The number of benzene rings is 1. The van der Waals surface area contributed by atoms with Crippen molar-refractivity contribution in [3.63, 3.8) is 0 Å². The standard InChI is InChI=1S/C14H18BrNO4/c1-9-14(17,2-3-18-9)7-16-6-10-4-11(15)13-12(5-10)19-8-20-13/h4-5,9,16-17H,2-3,6-8H2,1H3. The van der Waals surface area contributed by atoms with Gasteiger partial charge in [-0.1, -0.05) is 0 Å². The number of aliphatic hydroxyl groups is 1. The second-order valence-electron chi connectivity index (χ2n) is 5.28. The van der Waals surface area contributed by atoms with Crippen LogP contribution in [0.3, 0.4) is 0 Å². The van der Waals surface area contributed by atoms with E-state index in [1.807, 2.05) is 19.1 Å². The molecule has 2 N–H and O–H groups in total. The fourth-order valence-corrected chi connectivity index (χ4v) is 3.15. The molecule has 1 fully saturated rings. The van der Waals surface area contributed by atoms with Gasteiger partial charge in [0, 0.05) is 26.1 Å². The van der Waals surface area contributed by atoms with Crippen LogP contribution in [0.5, 0.6) is 11.5 Å². The zero-order valence-electron chi connectivity index (χ0n) is 11.3. The molecule has 0 aromatic heterocycles. The highest BCUT2D eigenvalue weighted by molar-refractivity contribution is 9.10. The average Bonchev–Trinajstić information content (AvgIpc) is 2.98. The summed E-state index contributed by atoms with van der Waals surface area (Å²) in [6.45, 7) is 3.96. The molecular weight excluding hydrogens is 326 g/mol. The van der Waals surface area contributed by atoms with Crippen LogP contribution in [0.4, 0.5) is 0 Å². The first kappa shape index (κ1) is 14.1. The van der Waals surface area contributed by atoms with Gasteiger partial charge >= 0.3 is 0 Å². The number of ether oxygens (including phenoxy) is 3. The molecule has 0 amide bonds. The predicted molar refractivity (Wildman–Crippen MR) is 77.0 cm³/mol. The maximum Gasteiger partial charge on any atom is 0.231 e. The number of hydrogen-bond acceptors (Lipinski definition) is 5. The second-order valence-corrected chi connectivity index (χ2v) is 6.14. The smallest absolute Gasteiger partial charge is 0.231 e. The van der Waals surface area contributed by atoms with Gasteiger partial charge in [0.25, 0.3) is 0 Å². The predicted octanol–water partition coefficient (Wildman–Crippen LogP) is 1.81. The minimum absolute atomic E-state index is 0.126. The first-order chi connectivity index (χ1) is 9.58. The van der Waals surface area contributed by atoms with Crippen molar-refractivity contribution >= 4 is 15.9 Å². The third-order valence-corrected chi connectivity index (χ3v) is 4.50. The molecule has 2 aliphatic heterocycles. The number of halogens is 1. The van der Waals surface area contributed by atoms with Crippen LogP contribution >= 0.6 is 15.9 Å². The molecule has 3 rings (SSSR count). The van der Waals surface area contributed by atoms with Gasteiger partial charge < -0.3 is 24.6 Å². The van der Waals surface area contributed by atoms with Crippen molar-refractivity contribution < 1.29 is 19.3 Å². The molecule has 0 spiro atoms. The quantitative estimate of drug-likeness (QED) is 0.873. The van der Waals surface area contributed by atoms with E-state index in [4.69, 9.17) is 14.2 Å². The lowest BCUT2D eigenvalue weighted by Crippen LogP contribution is -2.45. The summed E-state index contributed by atoms with van der Waals surface area (Å²) in [5.74, 6) is 1.51. The van der Waals surface area contributed by atoms with E-state index < -0.39 is 5.60 Å². The molecule has 2 unspecified atom stereocenters. The molecular formula is C14H18BrNO4. The van der Waals surface area contributed by atoms with Gasteiger partial charge in [-0.15, -0.1) is 0 Å². The highest BCUT2D eigenvalue weighted by Gasteiger charge is 2.38. The fourth-order valence-electron chi connectivity index (χ4n) is 2.55. The molecule has 0 bridgehead atoms. The minimum atomic E-state index is -0.770. The van der Waals surface area contributed by atoms with Crippen LogP contribution in [0.1, 0.15) is 18.9 Å². The summed E-state index contributed by atoms with van der Waals surface area (Å²) in [6.07, 6.45) is 0.546. The highest BCUT2D eigenvalue weighted by Crippen LogP contribution is 2.40.